The van der Waals surface area contributed by atoms with Crippen LogP contribution in [-0.4, -0.2) is 37.0 Å². The number of fused-ring (bicyclic) bond motifs is 1. The first-order chi connectivity index (χ1) is 16.5. The van der Waals surface area contributed by atoms with Gasteiger partial charge in [-0.05, 0) is 60.5 Å². The summed E-state index contributed by atoms with van der Waals surface area (Å²) in [5.74, 6) is 1.69. The molecule has 4 rings (SSSR count). The highest BCUT2D eigenvalue weighted by molar-refractivity contribution is 6.04. The Kier molecular flexibility index (Phi) is 7.01. The molecule has 0 radical (unpaired) electrons. The number of methoxy groups -OCH3 is 2. The van der Waals surface area contributed by atoms with Gasteiger partial charge >= 0.3 is 0 Å². The number of rotatable bonds is 7. The third-order valence-corrected chi connectivity index (χ3v) is 5.75. The Morgan fingerprint density at radius 1 is 1.03 bits per heavy atom. The van der Waals surface area contributed by atoms with Crippen molar-refractivity contribution in [1.29, 1.82) is 0 Å². The van der Waals surface area contributed by atoms with Gasteiger partial charge in [0, 0.05) is 29.9 Å². The lowest BCUT2D eigenvalue weighted by molar-refractivity contribution is -0.139. The van der Waals surface area contributed by atoms with E-state index in [9.17, 15) is 9.59 Å². The molecule has 7 heteroatoms. The maximum Gasteiger partial charge on any atom is 0.264 e. The van der Waals surface area contributed by atoms with Crippen LogP contribution in [-0.2, 0) is 17.9 Å². The Balaban J connectivity index is 1.58. The summed E-state index contributed by atoms with van der Waals surface area (Å²) >= 11 is 0. The quantitative estimate of drug-likeness (QED) is 0.555. The van der Waals surface area contributed by atoms with Crippen LogP contribution >= 0.6 is 0 Å². The first kappa shape index (κ1) is 23.2. The predicted octanol–water partition coefficient (Wildman–Crippen LogP) is 4.66. The molecule has 1 N–H and O–H groups in total. The van der Waals surface area contributed by atoms with E-state index in [1.807, 2.05) is 43.3 Å². The van der Waals surface area contributed by atoms with Gasteiger partial charge in [-0.25, -0.2) is 0 Å². The lowest BCUT2D eigenvalue weighted by Gasteiger charge is -2.23. The summed E-state index contributed by atoms with van der Waals surface area (Å²) in [5.41, 5.74) is 2.91. The van der Waals surface area contributed by atoms with E-state index < -0.39 is 6.10 Å². The summed E-state index contributed by atoms with van der Waals surface area (Å²) in [5, 5.41) is 2.93. The van der Waals surface area contributed by atoms with Crippen molar-refractivity contribution in [3.05, 3.63) is 83.4 Å². The van der Waals surface area contributed by atoms with E-state index in [0.717, 1.165) is 16.9 Å². The van der Waals surface area contributed by atoms with Crippen molar-refractivity contribution in [3.63, 3.8) is 0 Å². The number of nitrogens with zero attached hydrogens (tertiary/aromatic N) is 1. The van der Waals surface area contributed by atoms with E-state index >= 15 is 0 Å². The molecular formula is C27H28N2O5. The first-order valence-electron chi connectivity index (χ1n) is 11.2. The fourth-order valence-electron chi connectivity index (χ4n) is 3.94. The third-order valence-electron chi connectivity index (χ3n) is 5.75. The van der Waals surface area contributed by atoms with Gasteiger partial charge in [-0.1, -0.05) is 25.1 Å². The van der Waals surface area contributed by atoms with E-state index in [-0.39, 0.29) is 11.8 Å². The molecule has 0 fully saturated rings. The monoisotopic (exact) mass is 460 g/mol. The number of hydrogen-bond acceptors (Lipinski definition) is 5. The molecule has 0 saturated carbocycles. The average molecular weight is 461 g/mol. The van der Waals surface area contributed by atoms with Crippen LogP contribution < -0.4 is 19.5 Å². The molecule has 7 nitrogen and oxygen atoms in total. The zero-order chi connectivity index (χ0) is 24.1. The Bertz CT molecular complexity index is 1190. The normalized spacial score (nSPS) is 15.1. The van der Waals surface area contributed by atoms with E-state index in [1.165, 1.54) is 0 Å². The van der Waals surface area contributed by atoms with Crippen molar-refractivity contribution in [3.8, 4) is 17.2 Å². The molecule has 3 aromatic carbocycles. The molecule has 0 saturated heterocycles. The van der Waals surface area contributed by atoms with Gasteiger partial charge in [0.05, 0.1) is 14.2 Å². The zero-order valence-electron chi connectivity index (χ0n) is 19.5. The van der Waals surface area contributed by atoms with Gasteiger partial charge in [0.15, 0.2) is 6.10 Å². The highest BCUT2D eigenvalue weighted by Gasteiger charge is 2.30. The Morgan fingerprint density at radius 3 is 2.50 bits per heavy atom. The second-order valence-electron chi connectivity index (χ2n) is 8.07. The summed E-state index contributed by atoms with van der Waals surface area (Å²) in [4.78, 5) is 27.7. The van der Waals surface area contributed by atoms with Crippen molar-refractivity contribution in [1.82, 2.24) is 4.90 Å². The zero-order valence-corrected chi connectivity index (χ0v) is 19.5. The van der Waals surface area contributed by atoms with E-state index in [0.29, 0.717) is 42.3 Å². The van der Waals surface area contributed by atoms with Crippen LogP contribution in [0.3, 0.4) is 0 Å². The number of carbonyl (C=O) groups is 2. The SMILES string of the molecule is CC[C@@H]1Oc2ccc(NC(=O)c3cccc(OC)c3)cc2CN(Cc2cccc(OC)c2)C1=O. The molecule has 1 aliphatic heterocycles. The Labute approximate surface area is 199 Å². The van der Waals surface area contributed by atoms with Crippen LogP contribution in [0, 0.1) is 0 Å². The van der Waals surface area contributed by atoms with Crippen LogP contribution in [0.1, 0.15) is 34.8 Å². The minimum atomic E-state index is -0.566. The molecule has 0 aromatic heterocycles. The largest absolute Gasteiger partial charge is 0.497 e. The van der Waals surface area contributed by atoms with E-state index in [1.54, 1.807) is 49.5 Å². The molecule has 1 aliphatic rings. The number of benzene rings is 3. The Morgan fingerprint density at radius 2 is 1.76 bits per heavy atom. The lowest BCUT2D eigenvalue weighted by Crippen LogP contribution is -2.38. The maximum atomic E-state index is 13.2. The van der Waals surface area contributed by atoms with Crippen LogP contribution in [0.4, 0.5) is 5.69 Å². The first-order valence-corrected chi connectivity index (χ1v) is 11.2. The number of carbonyl (C=O) groups excluding carboxylic acids is 2. The third kappa shape index (κ3) is 5.14. The van der Waals surface area contributed by atoms with Crippen molar-refractivity contribution >= 4 is 17.5 Å². The average Bonchev–Trinajstić information content (AvgIpc) is 3.00. The predicted molar refractivity (Wildman–Crippen MR) is 129 cm³/mol. The molecule has 176 valence electrons. The number of nitrogens with one attached hydrogen (secondary N) is 1. The molecule has 2 amide bonds. The Hall–Kier alpha value is -4.00. The summed E-state index contributed by atoms with van der Waals surface area (Å²) in [6.45, 7) is 2.72. The van der Waals surface area contributed by atoms with Gasteiger partial charge in [0.25, 0.3) is 11.8 Å². The van der Waals surface area contributed by atoms with Gasteiger partial charge in [-0.2, -0.15) is 0 Å². The van der Waals surface area contributed by atoms with Crippen LogP contribution in [0.25, 0.3) is 0 Å². The van der Waals surface area contributed by atoms with Crippen LogP contribution in [0.2, 0.25) is 0 Å². The van der Waals surface area contributed by atoms with Gasteiger partial charge < -0.3 is 24.4 Å². The molecular weight excluding hydrogens is 432 g/mol. The van der Waals surface area contributed by atoms with Crippen LogP contribution in [0.15, 0.2) is 66.7 Å². The smallest absolute Gasteiger partial charge is 0.264 e. The molecule has 0 spiro atoms. The lowest BCUT2D eigenvalue weighted by atomic mass is 10.1. The highest BCUT2D eigenvalue weighted by atomic mass is 16.5. The molecule has 34 heavy (non-hydrogen) atoms. The number of amides is 2. The molecule has 3 aromatic rings. The fourth-order valence-corrected chi connectivity index (χ4v) is 3.94. The van der Waals surface area contributed by atoms with E-state index in [2.05, 4.69) is 5.32 Å². The minimum absolute atomic E-state index is 0.0662. The molecule has 1 heterocycles. The van der Waals surface area contributed by atoms with Gasteiger partial charge in [0.1, 0.15) is 17.2 Å². The van der Waals surface area contributed by atoms with Crippen molar-refractivity contribution < 1.29 is 23.8 Å². The molecule has 0 bridgehead atoms. The topological polar surface area (TPSA) is 77.1 Å². The van der Waals surface area contributed by atoms with E-state index in [4.69, 9.17) is 14.2 Å². The summed E-state index contributed by atoms with van der Waals surface area (Å²) in [6, 6.07) is 20.1. The van der Waals surface area contributed by atoms with Gasteiger partial charge in [-0.3, -0.25) is 9.59 Å². The van der Waals surface area contributed by atoms with Crippen molar-refractivity contribution in [2.45, 2.75) is 32.5 Å². The standard InChI is InChI=1S/C27H28N2O5/c1-4-24-27(31)29(16-18-7-5-9-22(13-18)32-2)17-20-14-21(11-12-25(20)34-24)28-26(30)19-8-6-10-23(15-19)33-3/h5-15,24H,4,16-17H2,1-3H3,(H,28,30)/t24-/m0/s1. The molecule has 0 aliphatic carbocycles. The number of hydrogen-bond donors (Lipinski definition) is 1. The van der Waals surface area contributed by atoms with Crippen molar-refractivity contribution in [2.24, 2.45) is 0 Å². The molecule has 0 unspecified atom stereocenters. The number of anilines is 1. The summed E-state index contributed by atoms with van der Waals surface area (Å²) in [7, 11) is 3.18. The van der Waals surface area contributed by atoms with Gasteiger partial charge in [-0.15, -0.1) is 0 Å². The van der Waals surface area contributed by atoms with Gasteiger partial charge in [0.2, 0.25) is 0 Å². The minimum Gasteiger partial charge on any atom is -0.497 e. The molecule has 1 atom stereocenters. The summed E-state index contributed by atoms with van der Waals surface area (Å²) < 4.78 is 16.6. The summed E-state index contributed by atoms with van der Waals surface area (Å²) in [6.07, 6.45) is -0.00891. The van der Waals surface area contributed by atoms with Crippen LogP contribution in [0.5, 0.6) is 17.2 Å². The fraction of sp³-hybridized carbons (Fsp3) is 0.259. The second-order valence-corrected chi connectivity index (χ2v) is 8.07. The highest BCUT2D eigenvalue weighted by Crippen LogP contribution is 2.30. The maximum absolute atomic E-state index is 13.2. The number of ether oxygens (including phenoxy) is 3. The van der Waals surface area contributed by atoms with Crippen molar-refractivity contribution in [2.75, 3.05) is 19.5 Å². The second kappa shape index (κ2) is 10.3.